The van der Waals surface area contributed by atoms with Gasteiger partial charge in [-0.3, -0.25) is 18.9 Å². The zero-order valence-electron chi connectivity index (χ0n) is 25.2. The fourth-order valence-electron chi connectivity index (χ4n) is 5.54. The Balaban J connectivity index is 1.57. The van der Waals surface area contributed by atoms with Gasteiger partial charge in [0.2, 0.25) is 5.95 Å². The summed E-state index contributed by atoms with van der Waals surface area (Å²) in [5.74, 6) is 0.586. The molecular weight excluding hydrogens is 534 g/mol. The summed E-state index contributed by atoms with van der Waals surface area (Å²) in [5, 5.41) is 4.92. The van der Waals surface area contributed by atoms with E-state index >= 15 is 0 Å². The summed E-state index contributed by atoms with van der Waals surface area (Å²) in [6.07, 6.45) is 6.81. The predicted octanol–water partition coefficient (Wildman–Crippen LogP) is 3.87. The maximum Gasteiger partial charge on any atom is 0.407 e. The molecule has 4 heterocycles. The number of carbonyl (C=O) groups is 1. The van der Waals surface area contributed by atoms with Crippen LogP contribution in [0.2, 0.25) is 0 Å². The minimum atomic E-state index is -0.593. The fraction of sp³-hybridized carbons (Fsp3) is 0.452. The minimum absolute atomic E-state index is 0.0396. The number of fused-ring (bicyclic) bond motifs is 2. The van der Waals surface area contributed by atoms with Crippen molar-refractivity contribution in [3.8, 4) is 0 Å². The molecule has 1 amide bonds. The molecule has 1 fully saturated rings. The second-order valence-electron chi connectivity index (χ2n) is 11.9. The highest BCUT2D eigenvalue weighted by Gasteiger charge is 2.29. The Labute approximate surface area is 244 Å². The predicted molar refractivity (Wildman–Crippen MR) is 164 cm³/mol. The number of piperidine rings is 1. The standard InChI is InChI=1S/C31H39N7O4/c1-7-8-16-37-25-26(34-28(37)36-15-11-12-21(18-36)33-29(40)42-31(3,4)5)35(6)30(41)38(27(25)39)19-24-23-14-10-9-13-22(23)20(2)17-32-24/h7-10,13-14,17,21H,11-12,15-16,18-19H2,1-6H3,(H,33,40)/t21-/m1/s1. The van der Waals surface area contributed by atoms with E-state index in [1.165, 1.54) is 9.13 Å². The first kappa shape index (κ1) is 29.1. The van der Waals surface area contributed by atoms with E-state index in [1.54, 1.807) is 13.2 Å². The third-order valence-corrected chi connectivity index (χ3v) is 7.55. The Bertz CT molecular complexity index is 1790. The van der Waals surface area contributed by atoms with Crippen LogP contribution in [0.4, 0.5) is 10.7 Å². The number of alkyl carbamates (subject to hydrolysis) is 1. The van der Waals surface area contributed by atoms with Crippen LogP contribution in [0.5, 0.6) is 0 Å². The quantitative estimate of drug-likeness (QED) is 0.348. The van der Waals surface area contributed by atoms with Crippen molar-refractivity contribution in [3.63, 3.8) is 0 Å². The molecule has 1 aliphatic rings. The number of aromatic nitrogens is 5. The van der Waals surface area contributed by atoms with Gasteiger partial charge in [-0.2, -0.15) is 4.98 Å². The maximum atomic E-state index is 14.1. The summed E-state index contributed by atoms with van der Waals surface area (Å²) in [6, 6.07) is 7.72. The van der Waals surface area contributed by atoms with E-state index in [-0.39, 0.29) is 12.6 Å². The second-order valence-corrected chi connectivity index (χ2v) is 11.9. The molecule has 0 unspecified atom stereocenters. The van der Waals surface area contributed by atoms with Gasteiger partial charge in [-0.05, 0) is 58.4 Å². The first-order chi connectivity index (χ1) is 20.0. The summed E-state index contributed by atoms with van der Waals surface area (Å²) in [6.45, 7) is 11.1. The van der Waals surface area contributed by atoms with Crippen molar-refractivity contribution >= 4 is 34.0 Å². The Kier molecular flexibility index (Phi) is 7.94. The van der Waals surface area contributed by atoms with Crippen LogP contribution in [0.1, 0.15) is 51.8 Å². The first-order valence-corrected chi connectivity index (χ1v) is 14.4. The number of hydrogen-bond donors (Lipinski definition) is 1. The second kappa shape index (κ2) is 11.5. The van der Waals surface area contributed by atoms with E-state index in [0.717, 1.165) is 29.2 Å². The molecule has 5 rings (SSSR count). The van der Waals surface area contributed by atoms with E-state index < -0.39 is 22.9 Å². The number of amides is 1. The largest absolute Gasteiger partial charge is 0.444 e. The number of nitrogens with zero attached hydrogens (tertiary/aromatic N) is 6. The first-order valence-electron chi connectivity index (χ1n) is 14.4. The number of rotatable bonds is 6. The number of aryl methyl sites for hydroxylation is 2. The lowest BCUT2D eigenvalue weighted by molar-refractivity contribution is 0.0499. The molecule has 1 N–H and O–H groups in total. The van der Waals surface area contributed by atoms with Crippen LogP contribution in [0.3, 0.4) is 0 Å². The van der Waals surface area contributed by atoms with Crippen LogP contribution in [-0.4, -0.2) is 54.5 Å². The summed E-state index contributed by atoms with van der Waals surface area (Å²) >= 11 is 0. The van der Waals surface area contributed by atoms with Crippen molar-refractivity contribution in [1.29, 1.82) is 0 Å². The number of benzene rings is 1. The van der Waals surface area contributed by atoms with Crippen molar-refractivity contribution in [2.24, 2.45) is 7.05 Å². The van der Waals surface area contributed by atoms with E-state index in [1.807, 2.05) is 75.6 Å². The summed E-state index contributed by atoms with van der Waals surface area (Å²) in [4.78, 5) is 51.6. The monoisotopic (exact) mass is 573 g/mol. The number of carbonyl (C=O) groups excluding carboxylic acids is 1. The van der Waals surface area contributed by atoms with Gasteiger partial charge in [0.15, 0.2) is 11.2 Å². The molecule has 1 saturated heterocycles. The maximum absolute atomic E-state index is 14.1. The minimum Gasteiger partial charge on any atom is -0.444 e. The molecule has 3 aromatic heterocycles. The molecule has 0 saturated carbocycles. The van der Waals surface area contributed by atoms with Crippen molar-refractivity contribution in [1.82, 2.24) is 29.0 Å². The third kappa shape index (κ3) is 5.68. The SMILES string of the molecule is CC=CCn1c(N2CCC[C@@H](NC(=O)OC(C)(C)C)C2)nc2c1c(=O)n(Cc1ncc(C)c3ccccc13)c(=O)n2C. The number of pyridine rings is 1. The molecule has 0 radical (unpaired) electrons. The van der Waals surface area contributed by atoms with E-state index in [4.69, 9.17) is 9.72 Å². The van der Waals surface area contributed by atoms with E-state index in [0.29, 0.717) is 42.4 Å². The normalized spacial score (nSPS) is 16.0. The van der Waals surface area contributed by atoms with Crippen LogP contribution in [-0.2, 0) is 24.9 Å². The van der Waals surface area contributed by atoms with Crippen molar-refractivity contribution < 1.29 is 9.53 Å². The smallest absolute Gasteiger partial charge is 0.407 e. The summed E-state index contributed by atoms with van der Waals surface area (Å²) in [5.41, 5.74) is 0.895. The molecule has 42 heavy (non-hydrogen) atoms. The fourth-order valence-corrected chi connectivity index (χ4v) is 5.54. The molecule has 222 valence electrons. The molecule has 11 nitrogen and oxygen atoms in total. The highest BCUT2D eigenvalue weighted by atomic mass is 16.6. The number of anilines is 1. The average Bonchev–Trinajstić information content (AvgIpc) is 3.33. The molecular formula is C31H39N7O4. The third-order valence-electron chi connectivity index (χ3n) is 7.55. The zero-order chi connectivity index (χ0) is 30.2. The molecule has 1 atom stereocenters. The zero-order valence-corrected chi connectivity index (χ0v) is 25.2. The lowest BCUT2D eigenvalue weighted by Crippen LogP contribution is -2.49. The lowest BCUT2D eigenvalue weighted by Gasteiger charge is -2.34. The van der Waals surface area contributed by atoms with Crippen LogP contribution in [0, 0.1) is 6.92 Å². The Hall–Kier alpha value is -4.41. The van der Waals surface area contributed by atoms with Gasteiger partial charge in [0, 0.05) is 44.3 Å². The lowest BCUT2D eigenvalue weighted by atomic mass is 10.1. The molecule has 11 heteroatoms. The topological polar surface area (TPSA) is 116 Å². The van der Waals surface area contributed by atoms with Gasteiger partial charge >= 0.3 is 11.8 Å². The van der Waals surface area contributed by atoms with Gasteiger partial charge in [-0.15, -0.1) is 0 Å². The van der Waals surface area contributed by atoms with Gasteiger partial charge in [0.05, 0.1) is 12.2 Å². The number of imidazole rings is 1. The van der Waals surface area contributed by atoms with Crippen molar-refractivity contribution in [3.05, 3.63) is 74.7 Å². The Morgan fingerprint density at radius 2 is 1.90 bits per heavy atom. The van der Waals surface area contributed by atoms with Crippen LogP contribution >= 0.6 is 0 Å². The molecule has 0 aliphatic carbocycles. The van der Waals surface area contributed by atoms with Crippen LogP contribution < -0.4 is 21.5 Å². The molecule has 0 bridgehead atoms. The van der Waals surface area contributed by atoms with Gasteiger partial charge in [0.25, 0.3) is 5.56 Å². The average molecular weight is 574 g/mol. The van der Waals surface area contributed by atoms with Gasteiger partial charge < -0.3 is 19.5 Å². The van der Waals surface area contributed by atoms with Gasteiger partial charge in [-0.1, -0.05) is 36.4 Å². The molecule has 1 aliphatic heterocycles. The number of ether oxygens (including phenoxy) is 1. The molecule has 4 aromatic rings. The number of nitrogens with one attached hydrogen (secondary N) is 1. The van der Waals surface area contributed by atoms with Gasteiger partial charge in [0.1, 0.15) is 5.60 Å². The van der Waals surface area contributed by atoms with Crippen molar-refractivity contribution in [2.45, 2.75) is 72.2 Å². The van der Waals surface area contributed by atoms with E-state index in [9.17, 15) is 14.4 Å². The number of hydrogen-bond acceptors (Lipinski definition) is 7. The molecule has 1 aromatic carbocycles. The Morgan fingerprint density at radius 3 is 2.62 bits per heavy atom. The van der Waals surface area contributed by atoms with Crippen molar-refractivity contribution in [2.75, 3.05) is 18.0 Å². The highest BCUT2D eigenvalue weighted by molar-refractivity contribution is 5.87. The van der Waals surface area contributed by atoms with Gasteiger partial charge in [-0.25, -0.2) is 9.59 Å². The summed E-state index contributed by atoms with van der Waals surface area (Å²) in [7, 11) is 1.64. The van der Waals surface area contributed by atoms with Crippen LogP contribution in [0.25, 0.3) is 21.9 Å². The Morgan fingerprint density at radius 1 is 1.17 bits per heavy atom. The highest BCUT2D eigenvalue weighted by Crippen LogP contribution is 2.25. The number of allylic oxidation sites excluding steroid dienone is 2. The summed E-state index contributed by atoms with van der Waals surface area (Å²) < 4.78 is 10.0. The van der Waals surface area contributed by atoms with E-state index in [2.05, 4.69) is 15.2 Å². The molecule has 0 spiro atoms. The van der Waals surface area contributed by atoms with Crippen LogP contribution in [0.15, 0.2) is 52.2 Å².